The van der Waals surface area contributed by atoms with Gasteiger partial charge in [0.05, 0.1) is 0 Å². The number of hydrogen-bond acceptors (Lipinski definition) is 2. The summed E-state index contributed by atoms with van der Waals surface area (Å²) in [5.41, 5.74) is 0.639. The second-order valence-electron chi connectivity index (χ2n) is 6.96. The van der Waals surface area contributed by atoms with Gasteiger partial charge in [0.15, 0.2) is 0 Å². The number of rotatable bonds is 3. The molecule has 0 aromatic carbocycles. The van der Waals surface area contributed by atoms with Crippen molar-refractivity contribution in [1.82, 2.24) is 10.2 Å². The highest BCUT2D eigenvalue weighted by Gasteiger charge is 2.45. The normalized spacial score (nSPS) is 35.3. The van der Waals surface area contributed by atoms with E-state index in [0.717, 1.165) is 17.9 Å². The van der Waals surface area contributed by atoms with Crippen LogP contribution < -0.4 is 5.32 Å². The summed E-state index contributed by atoms with van der Waals surface area (Å²) in [5.74, 6) is 1.74. The molecule has 2 unspecified atom stereocenters. The van der Waals surface area contributed by atoms with Gasteiger partial charge in [-0.1, -0.05) is 13.8 Å². The molecule has 0 bridgehead atoms. The maximum atomic E-state index is 3.62. The number of nitrogens with zero attached hydrogens (tertiary/aromatic N) is 1. The van der Waals surface area contributed by atoms with Crippen molar-refractivity contribution in [1.29, 1.82) is 0 Å². The fraction of sp³-hybridized carbons (Fsp3) is 1.00. The summed E-state index contributed by atoms with van der Waals surface area (Å²) < 4.78 is 0. The van der Waals surface area contributed by atoms with Crippen molar-refractivity contribution in [3.63, 3.8) is 0 Å². The number of nitrogens with one attached hydrogen (secondary N) is 1. The largest absolute Gasteiger partial charge is 0.316 e. The van der Waals surface area contributed by atoms with Gasteiger partial charge < -0.3 is 10.2 Å². The first-order chi connectivity index (χ1) is 8.03. The number of hydrogen-bond donors (Lipinski definition) is 1. The fourth-order valence-electron chi connectivity index (χ4n) is 3.84. The van der Waals surface area contributed by atoms with E-state index in [-0.39, 0.29) is 0 Å². The van der Waals surface area contributed by atoms with Crippen molar-refractivity contribution in [3.8, 4) is 0 Å². The van der Waals surface area contributed by atoms with Crippen LogP contribution in [0.2, 0.25) is 0 Å². The summed E-state index contributed by atoms with van der Waals surface area (Å²) in [6, 6.07) is 0.726. The molecule has 1 spiro atoms. The molecule has 2 aliphatic heterocycles. The topological polar surface area (TPSA) is 15.3 Å². The zero-order valence-corrected chi connectivity index (χ0v) is 12.1. The molecule has 2 fully saturated rings. The summed E-state index contributed by atoms with van der Waals surface area (Å²) in [4.78, 5) is 2.69. The molecule has 0 amide bonds. The average molecular weight is 238 g/mol. The van der Waals surface area contributed by atoms with Crippen LogP contribution in [-0.4, -0.2) is 37.1 Å². The molecule has 2 aliphatic rings. The Morgan fingerprint density at radius 3 is 2.59 bits per heavy atom. The molecule has 100 valence electrons. The van der Waals surface area contributed by atoms with E-state index < -0.39 is 0 Å². The molecule has 2 heterocycles. The Hall–Kier alpha value is -0.0800. The minimum absolute atomic E-state index is 0.639. The molecule has 2 saturated heterocycles. The van der Waals surface area contributed by atoms with E-state index in [9.17, 15) is 0 Å². The van der Waals surface area contributed by atoms with Crippen molar-refractivity contribution in [2.75, 3.05) is 26.2 Å². The Bertz CT molecular complexity index is 249. The lowest BCUT2D eigenvalue weighted by Crippen LogP contribution is -2.47. The quantitative estimate of drug-likeness (QED) is 0.813. The molecule has 0 aromatic heterocycles. The monoisotopic (exact) mass is 238 g/mol. The van der Waals surface area contributed by atoms with Crippen LogP contribution in [0.25, 0.3) is 0 Å². The number of likely N-dealkylation sites (tertiary alicyclic amines) is 1. The lowest BCUT2D eigenvalue weighted by atomic mass is 9.67. The van der Waals surface area contributed by atoms with Crippen molar-refractivity contribution in [2.24, 2.45) is 17.3 Å². The molecule has 1 N–H and O–H groups in total. The van der Waals surface area contributed by atoms with Gasteiger partial charge in [0.2, 0.25) is 0 Å². The predicted molar refractivity (Wildman–Crippen MR) is 74.2 cm³/mol. The second-order valence-corrected chi connectivity index (χ2v) is 6.96. The first-order valence-corrected chi connectivity index (χ1v) is 7.48. The van der Waals surface area contributed by atoms with E-state index in [1.54, 1.807) is 0 Å². The van der Waals surface area contributed by atoms with Crippen LogP contribution in [0.3, 0.4) is 0 Å². The fourth-order valence-corrected chi connectivity index (χ4v) is 3.84. The molecule has 0 radical (unpaired) electrons. The van der Waals surface area contributed by atoms with Crippen LogP contribution in [-0.2, 0) is 0 Å². The molecule has 17 heavy (non-hydrogen) atoms. The third-order valence-corrected chi connectivity index (χ3v) is 4.96. The molecule has 0 saturated carbocycles. The van der Waals surface area contributed by atoms with E-state index >= 15 is 0 Å². The molecule has 0 aliphatic carbocycles. The summed E-state index contributed by atoms with van der Waals surface area (Å²) >= 11 is 0. The Labute approximate surface area is 107 Å². The van der Waals surface area contributed by atoms with Crippen molar-refractivity contribution >= 4 is 0 Å². The maximum Gasteiger partial charge on any atom is 0.00448 e. The first-order valence-electron chi connectivity index (χ1n) is 7.48. The third-order valence-electron chi connectivity index (χ3n) is 4.96. The van der Waals surface area contributed by atoms with Gasteiger partial charge in [-0.3, -0.25) is 0 Å². The van der Waals surface area contributed by atoms with Gasteiger partial charge in [0, 0.05) is 12.6 Å². The third kappa shape index (κ3) is 2.85. The van der Waals surface area contributed by atoms with E-state index in [0.29, 0.717) is 5.41 Å². The SMILES string of the molecule is CC(C)CC1CNCCC12CCN(C(C)C)C2. The van der Waals surface area contributed by atoms with Gasteiger partial charge >= 0.3 is 0 Å². The van der Waals surface area contributed by atoms with Gasteiger partial charge in [0.1, 0.15) is 0 Å². The zero-order valence-electron chi connectivity index (χ0n) is 12.1. The highest BCUT2D eigenvalue weighted by atomic mass is 15.2. The maximum absolute atomic E-state index is 3.62. The van der Waals surface area contributed by atoms with Gasteiger partial charge in [-0.15, -0.1) is 0 Å². The predicted octanol–water partition coefficient (Wildman–Crippen LogP) is 2.74. The van der Waals surface area contributed by atoms with Crippen LogP contribution in [0, 0.1) is 17.3 Å². The minimum Gasteiger partial charge on any atom is -0.316 e. The van der Waals surface area contributed by atoms with Gasteiger partial charge in [-0.2, -0.15) is 0 Å². The molecular weight excluding hydrogens is 208 g/mol. The smallest absolute Gasteiger partial charge is 0.00448 e. The summed E-state index contributed by atoms with van der Waals surface area (Å²) in [7, 11) is 0. The van der Waals surface area contributed by atoms with Crippen LogP contribution in [0.1, 0.15) is 47.0 Å². The molecule has 0 aromatic rings. The Morgan fingerprint density at radius 1 is 1.24 bits per heavy atom. The van der Waals surface area contributed by atoms with Crippen LogP contribution in [0.15, 0.2) is 0 Å². The van der Waals surface area contributed by atoms with Gasteiger partial charge in [-0.25, -0.2) is 0 Å². The highest BCUT2D eigenvalue weighted by Crippen LogP contribution is 2.45. The average Bonchev–Trinajstić information content (AvgIpc) is 2.67. The Balaban J connectivity index is 2.05. The molecule has 2 atom stereocenters. The van der Waals surface area contributed by atoms with E-state index in [1.807, 2.05) is 0 Å². The van der Waals surface area contributed by atoms with Gasteiger partial charge in [0.25, 0.3) is 0 Å². The van der Waals surface area contributed by atoms with E-state index in [4.69, 9.17) is 0 Å². The first kappa shape index (κ1) is 13.4. The number of piperidine rings is 1. The lowest BCUT2D eigenvalue weighted by Gasteiger charge is -2.43. The highest BCUT2D eigenvalue weighted by molar-refractivity contribution is 4.99. The van der Waals surface area contributed by atoms with Crippen molar-refractivity contribution in [2.45, 2.75) is 53.0 Å². The molecule has 2 nitrogen and oxygen atoms in total. The lowest BCUT2D eigenvalue weighted by molar-refractivity contribution is 0.0904. The van der Waals surface area contributed by atoms with E-state index in [2.05, 4.69) is 37.9 Å². The Morgan fingerprint density at radius 2 is 2.00 bits per heavy atom. The molecular formula is C15H30N2. The van der Waals surface area contributed by atoms with Crippen molar-refractivity contribution < 1.29 is 0 Å². The summed E-state index contributed by atoms with van der Waals surface area (Å²) in [6.07, 6.45) is 4.23. The van der Waals surface area contributed by atoms with Crippen LogP contribution in [0.5, 0.6) is 0 Å². The molecule has 2 rings (SSSR count). The standard InChI is InChI=1S/C15H30N2/c1-12(2)9-14-10-16-7-5-15(14)6-8-17(11-15)13(3)4/h12-14,16H,5-11H2,1-4H3. The van der Waals surface area contributed by atoms with Gasteiger partial charge in [-0.05, 0) is 70.0 Å². The Kier molecular flexibility index (Phi) is 4.14. The summed E-state index contributed by atoms with van der Waals surface area (Å²) in [6.45, 7) is 14.6. The zero-order chi connectivity index (χ0) is 12.5. The van der Waals surface area contributed by atoms with Crippen LogP contribution >= 0.6 is 0 Å². The van der Waals surface area contributed by atoms with E-state index in [1.165, 1.54) is 45.4 Å². The van der Waals surface area contributed by atoms with Crippen LogP contribution in [0.4, 0.5) is 0 Å². The second kappa shape index (κ2) is 5.27. The molecule has 2 heteroatoms. The van der Waals surface area contributed by atoms with Crippen molar-refractivity contribution in [3.05, 3.63) is 0 Å². The minimum atomic E-state index is 0.639. The summed E-state index contributed by atoms with van der Waals surface area (Å²) in [5, 5.41) is 3.62.